The highest BCUT2D eigenvalue weighted by Gasteiger charge is 2.37. The highest BCUT2D eigenvalue weighted by atomic mass is 79.9. The Hall–Kier alpha value is -0.560. The minimum absolute atomic E-state index is 0.116. The third kappa shape index (κ3) is 3.31. The molecule has 3 N–H and O–H groups in total. The Morgan fingerprint density at radius 3 is 2.53 bits per heavy atom. The largest absolute Gasteiger partial charge is 0.374 e. The molecule has 0 spiro atoms. The van der Waals surface area contributed by atoms with Gasteiger partial charge in [0.05, 0.1) is 16.1 Å². The molecule has 1 aromatic rings. The lowest BCUT2D eigenvalue weighted by Crippen LogP contribution is -2.47. The fraction of sp³-hybridized carbons (Fsp3) is 0.538. The second-order valence-corrected chi connectivity index (χ2v) is 5.31. The van der Waals surface area contributed by atoms with Crippen LogP contribution in [-0.4, -0.2) is 12.2 Å². The molecule has 0 saturated heterocycles. The van der Waals surface area contributed by atoms with Crippen LogP contribution < -0.4 is 11.3 Å². The Bertz CT molecular complexity index is 445. The molecule has 2 unspecified atom stereocenters. The zero-order valence-corrected chi connectivity index (χ0v) is 12.9. The van der Waals surface area contributed by atoms with E-state index in [9.17, 15) is 8.78 Å². The minimum Gasteiger partial charge on any atom is -0.374 e. The van der Waals surface area contributed by atoms with Gasteiger partial charge >= 0.3 is 0 Å². The van der Waals surface area contributed by atoms with Crippen molar-refractivity contribution >= 4 is 15.9 Å². The second kappa shape index (κ2) is 6.74. The van der Waals surface area contributed by atoms with Crippen molar-refractivity contribution in [3.8, 4) is 0 Å². The van der Waals surface area contributed by atoms with Gasteiger partial charge in [0, 0.05) is 12.2 Å². The average Bonchev–Trinajstić information content (AvgIpc) is 2.39. The molecule has 1 rings (SSSR count). The van der Waals surface area contributed by atoms with Crippen LogP contribution in [0.5, 0.6) is 0 Å². The number of benzene rings is 1. The number of halogens is 3. The molecule has 2 atom stereocenters. The Balaban J connectivity index is 3.34. The zero-order chi connectivity index (χ0) is 14.6. The fourth-order valence-electron chi connectivity index (χ4n) is 2.09. The van der Waals surface area contributed by atoms with Crippen LogP contribution in [0.25, 0.3) is 0 Å². The summed E-state index contributed by atoms with van der Waals surface area (Å²) in [5.74, 6) is 4.19. The maximum atomic E-state index is 14.2. The number of ether oxygens (including phenoxy) is 1. The Labute approximate surface area is 120 Å². The molecule has 0 amide bonds. The van der Waals surface area contributed by atoms with Crippen LogP contribution in [0.15, 0.2) is 16.6 Å². The van der Waals surface area contributed by atoms with E-state index in [1.54, 1.807) is 6.92 Å². The lowest BCUT2D eigenvalue weighted by molar-refractivity contribution is -0.0579. The van der Waals surface area contributed by atoms with E-state index in [1.807, 2.05) is 13.8 Å². The third-order valence-electron chi connectivity index (χ3n) is 3.32. The highest BCUT2D eigenvalue weighted by Crippen LogP contribution is 2.36. The fourth-order valence-corrected chi connectivity index (χ4v) is 2.44. The first-order chi connectivity index (χ1) is 8.91. The number of rotatable bonds is 6. The summed E-state index contributed by atoms with van der Waals surface area (Å²) in [5, 5.41) is 0. The molecule has 0 radical (unpaired) electrons. The standard InChI is InChI=1S/C13H19BrF2N2O/c1-4-13(3,19-5-2)12(18-17)10-9(15)7-6-8(14)11(10)16/h6-7,12,18H,4-5,17H2,1-3H3. The number of hydrogen-bond acceptors (Lipinski definition) is 3. The normalized spacial score (nSPS) is 16.2. The van der Waals surface area contributed by atoms with Gasteiger partial charge in [0.15, 0.2) is 0 Å². The lowest BCUT2D eigenvalue weighted by Gasteiger charge is -2.37. The van der Waals surface area contributed by atoms with Crippen molar-refractivity contribution in [3.05, 3.63) is 33.8 Å². The number of nitrogens with two attached hydrogens (primary N) is 1. The van der Waals surface area contributed by atoms with Gasteiger partial charge in [-0.05, 0) is 48.3 Å². The molecule has 1 aromatic carbocycles. The van der Waals surface area contributed by atoms with Crippen LogP contribution in [0, 0.1) is 11.6 Å². The molecular formula is C13H19BrF2N2O. The van der Waals surface area contributed by atoms with Gasteiger partial charge < -0.3 is 4.74 Å². The molecule has 0 fully saturated rings. The van der Waals surface area contributed by atoms with Crippen molar-refractivity contribution < 1.29 is 13.5 Å². The molecule has 0 heterocycles. The molecule has 108 valence electrons. The first kappa shape index (κ1) is 16.5. The van der Waals surface area contributed by atoms with E-state index >= 15 is 0 Å². The predicted molar refractivity (Wildman–Crippen MR) is 74.4 cm³/mol. The SMILES string of the molecule is CCOC(C)(CC)C(NN)c1c(F)ccc(Br)c1F. The van der Waals surface area contributed by atoms with Crippen molar-refractivity contribution in [1.82, 2.24) is 5.43 Å². The molecular weight excluding hydrogens is 318 g/mol. The Morgan fingerprint density at radius 1 is 1.42 bits per heavy atom. The van der Waals surface area contributed by atoms with E-state index in [4.69, 9.17) is 10.6 Å². The van der Waals surface area contributed by atoms with Crippen LogP contribution in [0.2, 0.25) is 0 Å². The van der Waals surface area contributed by atoms with Crippen molar-refractivity contribution in [1.29, 1.82) is 0 Å². The van der Waals surface area contributed by atoms with Gasteiger partial charge in [-0.1, -0.05) is 6.92 Å². The van der Waals surface area contributed by atoms with Gasteiger partial charge in [-0.15, -0.1) is 0 Å². The minimum atomic E-state index is -0.800. The molecule has 6 heteroatoms. The van der Waals surface area contributed by atoms with Crippen molar-refractivity contribution in [2.24, 2.45) is 5.84 Å². The lowest BCUT2D eigenvalue weighted by atomic mass is 9.87. The summed E-state index contributed by atoms with van der Waals surface area (Å²) < 4.78 is 34.0. The van der Waals surface area contributed by atoms with E-state index in [-0.39, 0.29) is 10.0 Å². The summed E-state index contributed by atoms with van der Waals surface area (Å²) in [4.78, 5) is 0. The van der Waals surface area contributed by atoms with Gasteiger partial charge in [0.1, 0.15) is 11.6 Å². The van der Waals surface area contributed by atoms with E-state index in [0.29, 0.717) is 13.0 Å². The molecule has 0 bridgehead atoms. The van der Waals surface area contributed by atoms with Gasteiger partial charge in [0.25, 0.3) is 0 Å². The molecule has 0 aliphatic rings. The summed E-state index contributed by atoms with van der Waals surface area (Å²) in [5.41, 5.74) is 1.56. The van der Waals surface area contributed by atoms with Crippen molar-refractivity contribution in [3.63, 3.8) is 0 Å². The van der Waals surface area contributed by atoms with Crippen LogP contribution in [0.4, 0.5) is 8.78 Å². The van der Waals surface area contributed by atoms with Crippen molar-refractivity contribution in [2.45, 2.75) is 38.8 Å². The van der Waals surface area contributed by atoms with Crippen LogP contribution in [-0.2, 0) is 4.74 Å². The maximum absolute atomic E-state index is 14.2. The zero-order valence-electron chi connectivity index (χ0n) is 11.3. The van der Waals surface area contributed by atoms with E-state index in [1.165, 1.54) is 12.1 Å². The van der Waals surface area contributed by atoms with Crippen LogP contribution in [0.3, 0.4) is 0 Å². The second-order valence-electron chi connectivity index (χ2n) is 4.46. The molecule has 3 nitrogen and oxygen atoms in total. The first-order valence-corrected chi connectivity index (χ1v) is 6.94. The van der Waals surface area contributed by atoms with Gasteiger partial charge in [-0.25, -0.2) is 14.2 Å². The smallest absolute Gasteiger partial charge is 0.145 e. The van der Waals surface area contributed by atoms with Crippen molar-refractivity contribution in [2.75, 3.05) is 6.61 Å². The quantitative estimate of drug-likeness (QED) is 0.475. The first-order valence-electron chi connectivity index (χ1n) is 6.14. The van der Waals surface area contributed by atoms with Gasteiger partial charge in [-0.2, -0.15) is 0 Å². The molecule has 19 heavy (non-hydrogen) atoms. The van der Waals surface area contributed by atoms with E-state index < -0.39 is 23.3 Å². The van der Waals surface area contributed by atoms with Crippen LogP contribution in [0.1, 0.15) is 38.8 Å². The molecule has 0 aliphatic carbocycles. The molecule has 0 aliphatic heterocycles. The third-order valence-corrected chi connectivity index (χ3v) is 3.93. The maximum Gasteiger partial charge on any atom is 0.145 e. The van der Waals surface area contributed by atoms with E-state index in [0.717, 1.165) is 0 Å². The number of nitrogens with one attached hydrogen (secondary N) is 1. The summed E-state index contributed by atoms with van der Waals surface area (Å²) in [6.07, 6.45) is 0.557. The van der Waals surface area contributed by atoms with Crippen LogP contribution >= 0.6 is 15.9 Å². The van der Waals surface area contributed by atoms with Gasteiger partial charge in [0.2, 0.25) is 0 Å². The Kier molecular flexibility index (Phi) is 5.85. The monoisotopic (exact) mass is 336 g/mol. The highest BCUT2D eigenvalue weighted by molar-refractivity contribution is 9.10. The average molecular weight is 337 g/mol. The molecule has 0 aromatic heterocycles. The predicted octanol–water partition coefficient (Wildman–Crippen LogP) is 3.44. The molecule has 0 saturated carbocycles. The Morgan fingerprint density at radius 2 is 2.05 bits per heavy atom. The number of hydrogen-bond donors (Lipinski definition) is 2. The summed E-state index contributed by atoms with van der Waals surface area (Å²) in [6.45, 7) is 5.92. The summed E-state index contributed by atoms with van der Waals surface area (Å²) >= 11 is 3.05. The van der Waals surface area contributed by atoms with Gasteiger partial charge in [-0.3, -0.25) is 5.84 Å². The summed E-state index contributed by atoms with van der Waals surface area (Å²) in [7, 11) is 0. The van der Waals surface area contributed by atoms with E-state index in [2.05, 4.69) is 21.4 Å². The number of hydrazine groups is 1. The summed E-state index contributed by atoms with van der Waals surface area (Å²) in [6, 6.07) is 1.75. The topological polar surface area (TPSA) is 47.3 Å².